The number of benzene rings is 2. The van der Waals surface area contributed by atoms with Crippen LogP contribution in [0.5, 0.6) is 0 Å². The largest absolute Gasteiger partial charge is 0.416 e. The molecule has 3 rings (SSSR count). The molecule has 0 fully saturated rings. The van der Waals surface area contributed by atoms with Gasteiger partial charge in [0.25, 0.3) is 0 Å². The lowest BCUT2D eigenvalue weighted by molar-refractivity contribution is -0.137. The van der Waals surface area contributed by atoms with Gasteiger partial charge in [-0.1, -0.05) is 24.3 Å². The van der Waals surface area contributed by atoms with Crippen LogP contribution in [0.25, 0.3) is 16.7 Å². The average Bonchev–Trinajstić information content (AvgIpc) is 2.89. The molecule has 0 saturated heterocycles. The molecule has 0 aliphatic rings. The second-order valence-electron chi connectivity index (χ2n) is 5.40. The van der Waals surface area contributed by atoms with E-state index in [-0.39, 0.29) is 0 Å². The Morgan fingerprint density at radius 3 is 2.61 bits per heavy atom. The summed E-state index contributed by atoms with van der Waals surface area (Å²) in [6, 6.07) is 13.0. The zero-order valence-corrected chi connectivity index (χ0v) is 12.5. The summed E-state index contributed by atoms with van der Waals surface area (Å²) < 4.78 is 40.1. The van der Waals surface area contributed by atoms with Gasteiger partial charge < -0.3 is 9.88 Å². The van der Waals surface area contributed by atoms with E-state index in [9.17, 15) is 13.2 Å². The first kappa shape index (κ1) is 15.2. The van der Waals surface area contributed by atoms with Gasteiger partial charge in [-0.15, -0.1) is 0 Å². The predicted molar refractivity (Wildman–Crippen MR) is 87.1 cm³/mol. The molecular weight excluding hydrogens is 301 g/mol. The number of alkyl halides is 3. The summed E-state index contributed by atoms with van der Waals surface area (Å²) in [5.74, 6) is 0.489. The van der Waals surface area contributed by atoms with E-state index in [2.05, 4.69) is 11.9 Å². The number of aryl methyl sites for hydroxylation is 1. The van der Waals surface area contributed by atoms with E-state index < -0.39 is 11.7 Å². The molecule has 3 aromatic rings. The van der Waals surface area contributed by atoms with Gasteiger partial charge in [-0.05, 0) is 43.3 Å². The molecule has 0 saturated carbocycles. The van der Waals surface area contributed by atoms with E-state index in [0.29, 0.717) is 11.5 Å². The van der Waals surface area contributed by atoms with Gasteiger partial charge >= 0.3 is 6.18 Å². The van der Waals surface area contributed by atoms with E-state index >= 15 is 0 Å². The highest BCUT2D eigenvalue weighted by Crippen LogP contribution is 2.31. The molecule has 1 aromatic heterocycles. The third-order valence-electron chi connectivity index (χ3n) is 3.62. The normalized spacial score (nSPS) is 11.7. The minimum Gasteiger partial charge on any atom is -0.342 e. The quantitative estimate of drug-likeness (QED) is 0.674. The zero-order valence-electron chi connectivity index (χ0n) is 12.5. The van der Waals surface area contributed by atoms with Crippen LogP contribution in [0.2, 0.25) is 0 Å². The minimum atomic E-state index is -4.36. The molecule has 1 heterocycles. The average molecular weight is 316 g/mol. The molecule has 5 heteroatoms. The molecular formula is C18H15F3N2. The topological polar surface area (TPSA) is 17.0 Å². The first-order valence-corrected chi connectivity index (χ1v) is 7.06. The first-order valence-electron chi connectivity index (χ1n) is 7.06. The summed E-state index contributed by atoms with van der Waals surface area (Å²) in [6.07, 6.45) is -2.52. The van der Waals surface area contributed by atoms with E-state index in [1.807, 2.05) is 42.0 Å². The molecule has 1 N–H and O–H groups in total. The van der Waals surface area contributed by atoms with Gasteiger partial charge in [0.2, 0.25) is 0 Å². The number of hydrogen-bond donors (Lipinski definition) is 1. The SMILES string of the molecule is C=C(Nc1cccc(C(F)(F)F)c1)n1ccc2cc(C)ccc21. The molecule has 23 heavy (non-hydrogen) atoms. The Kier molecular flexibility index (Phi) is 3.64. The van der Waals surface area contributed by atoms with Crippen LogP contribution in [-0.4, -0.2) is 4.57 Å². The van der Waals surface area contributed by atoms with Gasteiger partial charge in [0.05, 0.1) is 11.1 Å². The molecule has 0 aliphatic carbocycles. The first-order chi connectivity index (χ1) is 10.8. The Morgan fingerprint density at radius 1 is 1.09 bits per heavy atom. The molecule has 0 spiro atoms. The number of halogens is 3. The van der Waals surface area contributed by atoms with Crippen molar-refractivity contribution in [2.75, 3.05) is 5.32 Å². The second-order valence-corrected chi connectivity index (χ2v) is 5.40. The number of fused-ring (bicyclic) bond motifs is 1. The number of hydrogen-bond acceptors (Lipinski definition) is 1. The second kappa shape index (κ2) is 5.50. The maximum atomic E-state index is 12.8. The standard InChI is InChI=1S/C18H15F3N2/c1-12-6-7-17-14(10-12)8-9-23(17)13(2)22-16-5-3-4-15(11-16)18(19,20)21/h3-11,22H,2H2,1H3. The summed E-state index contributed by atoms with van der Waals surface area (Å²) >= 11 is 0. The van der Waals surface area contributed by atoms with Crippen LogP contribution in [0.4, 0.5) is 18.9 Å². The lowest BCUT2D eigenvalue weighted by Crippen LogP contribution is -2.08. The Morgan fingerprint density at radius 2 is 1.87 bits per heavy atom. The molecule has 0 radical (unpaired) electrons. The zero-order chi connectivity index (χ0) is 16.6. The molecule has 0 bridgehead atoms. The van der Waals surface area contributed by atoms with E-state index in [4.69, 9.17) is 0 Å². The van der Waals surface area contributed by atoms with Crippen LogP contribution in [-0.2, 0) is 6.18 Å². The maximum absolute atomic E-state index is 12.8. The van der Waals surface area contributed by atoms with E-state index in [0.717, 1.165) is 28.6 Å². The Labute approximate surface area is 131 Å². The van der Waals surface area contributed by atoms with Crippen molar-refractivity contribution >= 4 is 22.4 Å². The Balaban J connectivity index is 1.89. The highest BCUT2D eigenvalue weighted by molar-refractivity contribution is 5.85. The number of anilines is 1. The summed E-state index contributed by atoms with van der Waals surface area (Å²) in [5.41, 5.74) is 1.74. The Hall–Kier alpha value is -2.69. The summed E-state index contributed by atoms with van der Waals surface area (Å²) in [4.78, 5) is 0. The summed E-state index contributed by atoms with van der Waals surface area (Å²) in [5, 5.41) is 3.98. The molecule has 0 atom stereocenters. The predicted octanol–water partition coefficient (Wildman–Crippen LogP) is 5.51. The molecule has 118 valence electrons. The summed E-state index contributed by atoms with van der Waals surface area (Å²) in [6.45, 7) is 5.93. The third-order valence-corrected chi connectivity index (χ3v) is 3.62. The van der Waals surface area contributed by atoms with Gasteiger partial charge in [0.1, 0.15) is 5.82 Å². The number of nitrogens with zero attached hydrogens (tertiary/aromatic N) is 1. The monoisotopic (exact) mass is 316 g/mol. The van der Waals surface area contributed by atoms with Crippen LogP contribution >= 0.6 is 0 Å². The Bertz CT molecular complexity index is 875. The van der Waals surface area contributed by atoms with Gasteiger partial charge in [-0.3, -0.25) is 0 Å². The fraction of sp³-hybridized carbons (Fsp3) is 0.111. The highest BCUT2D eigenvalue weighted by atomic mass is 19.4. The van der Waals surface area contributed by atoms with Crippen LogP contribution < -0.4 is 5.32 Å². The van der Waals surface area contributed by atoms with Crippen molar-refractivity contribution in [1.29, 1.82) is 0 Å². The third kappa shape index (κ3) is 3.08. The van der Waals surface area contributed by atoms with Gasteiger partial charge in [0.15, 0.2) is 0 Å². The van der Waals surface area contributed by atoms with Crippen molar-refractivity contribution in [3.63, 3.8) is 0 Å². The van der Waals surface area contributed by atoms with Crippen LogP contribution in [0.1, 0.15) is 11.1 Å². The van der Waals surface area contributed by atoms with Gasteiger partial charge in [-0.25, -0.2) is 0 Å². The van der Waals surface area contributed by atoms with Crippen molar-refractivity contribution in [1.82, 2.24) is 4.57 Å². The highest BCUT2D eigenvalue weighted by Gasteiger charge is 2.30. The molecule has 0 amide bonds. The lowest BCUT2D eigenvalue weighted by atomic mass is 10.2. The van der Waals surface area contributed by atoms with Crippen LogP contribution in [0, 0.1) is 6.92 Å². The molecule has 0 unspecified atom stereocenters. The van der Waals surface area contributed by atoms with Crippen molar-refractivity contribution in [2.24, 2.45) is 0 Å². The van der Waals surface area contributed by atoms with Crippen LogP contribution in [0.3, 0.4) is 0 Å². The molecule has 0 aliphatic heterocycles. The van der Waals surface area contributed by atoms with Gasteiger partial charge in [0, 0.05) is 17.3 Å². The number of aromatic nitrogens is 1. The van der Waals surface area contributed by atoms with Crippen molar-refractivity contribution in [3.8, 4) is 0 Å². The van der Waals surface area contributed by atoms with E-state index in [1.165, 1.54) is 6.07 Å². The fourth-order valence-electron chi connectivity index (χ4n) is 2.50. The van der Waals surface area contributed by atoms with E-state index in [1.54, 1.807) is 6.07 Å². The molecule has 2 aromatic carbocycles. The number of nitrogens with one attached hydrogen (secondary N) is 1. The lowest BCUT2D eigenvalue weighted by Gasteiger charge is -2.14. The smallest absolute Gasteiger partial charge is 0.342 e. The van der Waals surface area contributed by atoms with Crippen molar-refractivity contribution in [2.45, 2.75) is 13.1 Å². The van der Waals surface area contributed by atoms with Crippen molar-refractivity contribution in [3.05, 3.63) is 72.4 Å². The maximum Gasteiger partial charge on any atom is 0.416 e. The van der Waals surface area contributed by atoms with Crippen molar-refractivity contribution < 1.29 is 13.2 Å². The number of rotatable bonds is 3. The fourth-order valence-corrected chi connectivity index (χ4v) is 2.50. The molecule has 2 nitrogen and oxygen atoms in total. The summed E-state index contributed by atoms with van der Waals surface area (Å²) in [7, 11) is 0. The van der Waals surface area contributed by atoms with Crippen LogP contribution in [0.15, 0.2) is 61.3 Å². The minimum absolute atomic E-state index is 0.346. The van der Waals surface area contributed by atoms with Gasteiger partial charge in [-0.2, -0.15) is 13.2 Å².